The molecule has 0 spiro atoms. The van der Waals surface area contributed by atoms with Crippen molar-refractivity contribution < 1.29 is 21.6 Å². The van der Waals surface area contributed by atoms with Gasteiger partial charge in [0.05, 0.1) is 6.21 Å². The highest BCUT2D eigenvalue weighted by atomic mass is 79.9. The van der Waals surface area contributed by atoms with Crippen LogP contribution in [0.4, 0.5) is 13.2 Å². The minimum Gasteiger partial charge on any atom is -0.195 e. The molecule has 0 aromatic rings. The predicted octanol–water partition coefficient (Wildman–Crippen LogP) is 2.59. The number of alkyl halides is 6. The van der Waals surface area contributed by atoms with Crippen LogP contribution in [0, 0.1) is 0 Å². The van der Waals surface area contributed by atoms with E-state index in [4.69, 9.17) is 11.6 Å². The quantitative estimate of drug-likeness (QED) is 0.556. The highest BCUT2D eigenvalue weighted by Gasteiger charge is 2.46. The number of hydrogen-bond acceptors (Lipinski definition) is 2. The van der Waals surface area contributed by atoms with E-state index in [0.717, 1.165) is 0 Å². The summed E-state index contributed by atoms with van der Waals surface area (Å²) in [5.74, 6) is 0. The normalized spacial score (nSPS) is 15.2. The lowest BCUT2D eigenvalue weighted by atomic mass is 10.9. The maximum Gasteiger partial charge on any atom is 0.518 e. The first-order valence-corrected chi connectivity index (χ1v) is 5.80. The molecule has 0 aliphatic carbocycles. The van der Waals surface area contributed by atoms with Crippen molar-refractivity contribution in [2.45, 2.75) is 8.20 Å². The largest absolute Gasteiger partial charge is 0.518 e. The van der Waals surface area contributed by atoms with Gasteiger partial charge in [-0.1, -0.05) is 11.6 Å². The van der Waals surface area contributed by atoms with Gasteiger partial charge in [0.2, 0.25) is 0 Å². The lowest BCUT2D eigenvalue weighted by Crippen LogP contribution is -2.21. The van der Waals surface area contributed by atoms with Gasteiger partial charge in [0.1, 0.15) is 0 Å². The zero-order valence-electron chi connectivity index (χ0n) is 5.52. The first-order chi connectivity index (χ1) is 5.46. The molecule has 0 aromatic heterocycles. The van der Waals surface area contributed by atoms with Crippen LogP contribution in [0.25, 0.3) is 0 Å². The molecule has 0 bridgehead atoms. The second-order valence-electron chi connectivity index (χ2n) is 1.70. The third kappa shape index (κ3) is 5.18. The van der Waals surface area contributed by atoms with Crippen molar-refractivity contribution in [2.24, 2.45) is 4.40 Å². The van der Waals surface area contributed by atoms with Gasteiger partial charge in [0.25, 0.3) is 0 Å². The maximum absolute atomic E-state index is 11.6. The fourth-order valence-electron chi connectivity index (χ4n) is 0.189. The van der Waals surface area contributed by atoms with Crippen molar-refractivity contribution in [2.75, 3.05) is 0 Å². The molecule has 0 atom stereocenters. The van der Waals surface area contributed by atoms with Crippen LogP contribution in [0.3, 0.4) is 0 Å². The summed E-state index contributed by atoms with van der Waals surface area (Å²) in [6, 6.07) is 0. The van der Waals surface area contributed by atoms with Crippen molar-refractivity contribution in [3.8, 4) is 0 Å². The summed E-state index contributed by atoms with van der Waals surface area (Å²) in [5.41, 5.74) is -5.41. The minimum atomic E-state index is -5.51. The zero-order valence-corrected chi connectivity index (χ0v) is 10.3. The summed E-state index contributed by atoms with van der Waals surface area (Å²) in [5, 5.41) is 0. The fourth-order valence-corrected chi connectivity index (χ4v) is 1.19. The highest BCUT2D eigenvalue weighted by molar-refractivity contribution is 9.26. The molecular weight excluding hydrogens is 366 g/mol. The van der Waals surface area contributed by atoms with Gasteiger partial charge < -0.3 is 0 Å². The first kappa shape index (κ1) is 13.7. The lowest BCUT2D eigenvalue weighted by molar-refractivity contribution is -0.0435. The molecule has 0 saturated heterocycles. The summed E-state index contributed by atoms with van der Waals surface area (Å²) in [6.07, 6.45) is 0.359. The average molecular weight is 367 g/mol. The number of hydrogen-bond donors (Lipinski definition) is 0. The first-order valence-electron chi connectivity index (χ1n) is 2.40. The van der Waals surface area contributed by atoms with Gasteiger partial charge in [0, 0.05) is 0 Å². The van der Waals surface area contributed by atoms with Crippen LogP contribution in [0.15, 0.2) is 4.40 Å². The Morgan fingerprint density at radius 1 is 1.31 bits per heavy atom. The van der Waals surface area contributed by atoms with E-state index in [1.54, 1.807) is 0 Å². The second kappa shape index (κ2) is 4.03. The van der Waals surface area contributed by atoms with Crippen LogP contribution in [-0.4, -0.2) is 22.8 Å². The predicted molar refractivity (Wildman–Crippen MR) is 49.9 cm³/mol. The summed E-state index contributed by atoms with van der Waals surface area (Å²) in [4.78, 5) is 0. The number of halogens is 6. The molecule has 0 unspecified atom stereocenters. The van der Waals surface area contributed by atoms with Gasteiger partial charge in [-0.05, 0) is 31.9 Å². The molecule has 0 N–H and O–H groups in total. The van der Waals surface area contributed by atoms with E-state index in [-0.39, 0.29) is 0 Å². The number of sulfonamides is 1. The van der Waals surface area contributed by atoms with E-state index in [1.165, 1.54) is 0 Å². The molecule has 0 saturated carbocycles. The van der Waals surface area contributed by atoms with E-state index in [9.17, 15) is 21.6 Å². The Morgan fingerprint density at radius 2 is 1.69 bits per heavy atom. The van der Waals surface area contributed by atoms with Crippen LogP contribution in [0.2, 0.25) is 0 Å². The molecule has 0 fully saturated rings. The molecular formula is C3HBr2ClF3NO2S. The van der Waals surface area contributed by atoms with Gasteiger partial charge >= 0.3 is 15.5 Å². The van der Waals surface area contributed by atoms with E-state index in [2.05, 4.69) is 36.3 Å². The molecule has 13 heavy (non-hydrogen) atoms. The molecule has 0 amide bonds. The zero-order chi connectivity index (χ0) is 10.9. The Kier molecular flexibility index (Phi) is 4.24. The van der Waals surface area contributed by atoms with Crippen LogP contribution < -0.4 is 0 Å². The van der Waals surface area contributed by atoms with Crippen molar-refractivity contribution >= 4 is 59.7 Å². The SMILES string of the molecule is O=S(=O)(N=CC(Cl)(Br)Br)C(F)(F)F. The van der Waals surface area contributed by atoms with Crippen LogP contribution in [0.5, 0.6) is 0 Å². The van der Waals surface area contributed by atoms with Gasteiger partial charge in [0.15, 0.2) is 2.69 Å². The number of nitrogens with zero attached hydrogens (tertiary/aromatic N) is 1. The van der Waals surface area contributed by atoms with Gasteiger partial charge in [-0.25, -0.2) is 0 Å². The molecule has 10 heteroatoms. The molecule has 0 aromatic carbocycles. The Balaban J connectivity index is 4.85. The van der Waals surface area contributed by atoms with E-state index in [1.807, 2.05) is 0 Å². The molecule has 78 valence electrons. The van der Waals surface area contributed by atoms with Crippen LogP contribution in [-0.2, 0) is 10.0 Å². The third-order valence-electron chi connectivity index (χ3n) is 0.630. The minimum absolute atomic E-state index is 0.359. The Morgan fingerprint density at radius 3 is 1.92 bits per heavy atom. The summed E-state index contributed by atoms with van der Waals surface area (Å²) in [6.45, 7) is 0. The lowest BCUT2D eigenvalue weighted by Gasteiger charge is -2.05. The van der Waals surface area contributed by atoms with Gasteiger partial charge in [-0.2, -0.15) is 26.0 Å². The molecule has 0 radical (unpaired) electrons. The second-order valence-corrected chi connectivity index (χ2v) is 8.40. The Bertz CT molecular complexity index is 306. The Labute approximate surface area is 93.7 Å². The maximum atomic E-state index is 11.6. The molecule has 0 rings (SSSR count). The molecule has 0 heterocycles. The van der Waals surface area contributed by atoms with E-state index >= 15 is 0 Å². The van der Waals surface area contributed by atoms with Crippen LogP contribution in [0.1, 0.15) is 0 Å². The summed E-state index contributed by atoms with van der Waals surface area (Å²) < 4.78 is 56.1. The fraction of sp³-hybridized carbons (Fsp3) is 0.667. The van der Waals surface area contributed by atoms with Crippen molar-refractivity contribution in [3.05, 3.63) is 0 Å². The molecule has 0 aliphatic rings. The Hall–Kier alpha value is 0.660. The number of rotatable bonds is 2. The van der Waals surface area contributed by atoms with Gasteiger partial charge in [-0.15, -0.1) is 0 Å². The highest BCUT2D eigenvalue weighted by Crippen LogP contribution is 2.30. The summed E-state index contributed by atoms with van der Waals surface area (Å²) >= 11 is 10.4. The monoisotopic (exact) mass is 365 g/mol. The van der Waals surface area contributed by atoms with E-state index < -0.39 is 18.2 Å². The summed E-state index contributed by atoms with van der Waals surface area (Å²) in [7, 11) is -5.51. The van der Waals surface area contributed by atoms with Crippen molar-refractivity contribution in [1.29, 1.82) is 0 Å². The van der Waals surface area contributed by atoms with Gasteiger partial charge in [-0.3, -0.25) is 0 Å². The van der Waals surface area contributed by atoms with Crippen molar-refractivity contribution in [1.82, 2.24) is 0 Å². The van der Waals surface area contributed by atoms with Crippen LogP contribution >= 0.6 is 43.5 Å². The van der Waals surface area contributed by atoms with E-state index in [0.29, 0.717) is 6.21 Å². The average Bonchev–Trinajstić information content (AvgIpc) is 1.79. The molecule has 0 aliphatic heterocycles. The standard InChI is InChI=1S/C3HBr2ClF3NO2S/c4-2(5,6)1-10-13(11,12)3(7,8)9/h1H. The smallest absolute Gasteiger partial charge is 0.195 e. The molecule has 3 nitrogen and oxygen atoms in total. The topological polar surface area (TPSA) is 46.5 Å². The van der Waals surface area contributed by atoms with Crippen molar-refractivity contribution in [3.63, 3.8) is 0 Å². The third-order valence-corrected chi connectivity index (χ3v) is 2.11.